The van der Waals surface area contributed by atoms with Gasteiger partial charge in [-0.25, -0.2) is 0 Å². The van der Waals surface area contributed by atoms with Crippen LogP contribution in [0.2, 0.25) is 0 Å². The van der Waals surface area contributed by atoms with Gasteiger partial charge in [0.2, 0.25) is 0 Å². The summed E-state index contributed by atoms with van der Waals surface area (Å²) in [6, 6.07) is 13.8. The Morgan fingerprint density at radius 1 is 0.882 bits per heavy atom. The van der Waals surface area contributed by atoms with E-state index in [-0.39, 0.29) is 35.9 Å². The molecule has 0 aromatic heterocycles. The van der Waals surface area contributed by atoms with Gasteiger partial charge in [0.1, 0.15) is 19.0 Å². The van der Waals surface area contributed by atoms with Gasteiger partial charge in [0, 0.05) is 16.9 Å². The highest BCUT2D eigenvalue weighted by molar-refractivity contribution is 6.04. The maximum absolute atomic E-state index is 13.1. The highest BCUT2D eigenvalue weighted by atomic mass is 16.6. The molecule has 1 unspecified atom stereocenters. The minimum absolute atomic E-state index is 0.0411. The fraction of sp³-hybridized carbons (Fsp3) is 0.500. The van der Waals surface area contributed by atoms with Gasteiger partial charge in [-0.2, -0.15) is 0 Å². The van der Waals surface area contributed by atoms with Crippen molar-refractivity contribution >= 4 is 23.3 Å². The van der Waals surface area contributed by atoms with Crippen molar-refractivity contribution in [3.05, 3.63) is 54.1 Å². The summed E-state index contributed by atoms with van der Waals surface area (Å²) < 4.78 is 11.4. The lowest BCUT2D eigenvalue weighted by Gasteiger charge is -2.44. The van der Waals surface area contributed by atoms with Gasteiger partial charge in [-0.3, -0.25) is 9.59 Å². The molecular formula is C28H40N2O4. The number of hydrogen-bond acceptors (Lipinski definition) is 5. The van der Waals surface area contributed by atoms with Gasteiger partial charge < -0.3 is 20.5 Å². The summed E-state index contributed by atoms with van der Waals surface area (Å²) in [5.74, 6) is 0.187. The zero-order valence-electron chi connectivity index (χ0n) is 21.7. The van der Waals surface area contributed by atoms with Crippen LogP contribution in [0.25, 0.3) is 0 Å². The molecule has 2 aromatic rings. The number of rotatable bonds is 10. The number of nitrogen functional groups attached to an aromatic ring is 1. The molecule has 6 heteroatoms. The summed E-state index contributed by atoms with van der Waals surface area (Å²) >= 11 is 0. The maximum Gasteiger partial charge on any atom is 0.312 e. The standard InChI is InChI=1S/C28H40N2O4/c1-8-27(5,6)19-28(7,26(2,3)4)25(32)34-18-17-33-23-15-9-20(10-16-23)24(31)30-22-13-11-21(29)12-14-22/h9-16H,8,17-19,29H2,1-7H3,(H,30,31). The molecule has 0 aliphatic rings. The van der Waals surface area contributed by atoms with Gasteiger partial charge in [0.15, 0.2) is 0 Å². The summed E-state index contributed by atoms with van der Waals surface area (Å²) in [6.07, 6.45) is 1.74. The second-order valence-corrected chi connectivity index (χ2v) is 10.9. The molecule has 3 N–H and O–H groups in total. The van der Waals surface area contributed by atoms with E-state index in [0.29, 0.717) is 22.7 Å². The topological polar surface area (TPSA) is 90.6 Å². The molecule has 2 aromatic carbocycles. The van der Waals surface area contributed by atoms with Crippen LogP contribution < -0.4 is 15.8 Å². The van der Waals surface area contributed by atoms with Crippen molar-refractivity contribution in [2.45, 2.75) is 61.3 Å². The molecule has 0 aliphatic heterocycles. The van der Waals surface area contributed by atoms with Crippen LogP contribution in [-0.4, -0.2) is 25.1 Å². The van der Waals surface area contributed by atoms with E-state index < -0.39 is 5.41 Å². The van der Waals surface area contributed by atoms with E-state index in [0.717, 1.165) is 12.8 Å². The molecule has 0 radical (unpaired) electrons. The van der Waals surface area contributed by atoms with E-state index in [2.05, 4.69) is 46.9 Å². The van der Waals surface area contributed by atoms with Crippen molar-refractivity contribution in [2.24, 2.45) is 16.2 Å². The average molecular weight is 469 g/mol. The van der Waals surface area contributed by atoms with Gasteiger partial charge in [0.05, 0.1) is 5.41 Å². The smallest absolute Gasteiger partial charge is 0.312 e. The van der Waals surface area contributed by atoms with Gasteiger partial charge >= 0.3 is 5.97 Å². The van der Waals surface area contributed by atoms with Crippen LogP contribution >= 0.6 is 0 Å². The molecule has 0 aliphatic carbocycles. The fourth-order valence-electron chi connectivity index (χ4n) is 3.65. The first-order chi connectivity index (χ1) is 15.8. The average Bonchev–Trinajstić information content (AvgIpc) is 2.77. The number of anilines is 2. The Bertz CT molecular complexity index is 959. The van der Waals surface area contributed by atoms with Gasteiger partial charge in [0.25, 0.3) is 5.91 Å². The predicted molar refractivity (Wildman–Crippen MR) is 138 cm³/mol. The maximum atomic E-state index is 13.1. The third kappa shape index (κ3) is 7.24. The van der Waals surface area contributed by atoms with Gasteiger partial charge in [-0.05, 0) is 72.7 Å². The summed E-state index contributed by atoms with van der Waals surface area (Å²) in [4.78, 5) is 25.5. The Hall–Kier alpha value is -3.02. The Labute approximate surface area is 204 Å². The lowest BCUT2D eigenvalue weighted by molar-refractivity contribution is -0.165. The number of benzene rings is 2. The van der Waals surface area contributed by atoms with Crippen LogP contribution in [-0.2, 0) is 9.53 Å². The number of carbonyl (C=O) groups excluding carboxylic acids is 2. The number of nitrogens with two attached hydrogens (primary N) is 1. The van der Waals surface area contributed by atoms with E-state index in [1.807, 2.05) is 6.92 Å². The van der Waals surface area contributed by atoms with Crippen LogP contribution in [0.1, 0.15) is 71.7 Å². The molecule has 186 valence electrons. The van der Waals surface area contributed by atoms with E-state index in [4.69, 9.17) is 15.2 Å². The number of ether oxygens (including phenoxy) is 2. The van der Waals surface area contributed by atoms with E-state index in [9.17, 15) is 9.59 Å². The van der Waals surface area contributed by atoms with Crippen molar-refractivity contribution in [3.63, 3.8) is 0 Å². The Balaban J connectivity index is 1.88. The molecule has 0 saturated carbocycles. The minimum atomic E-state index is -0.605. The van der Waals surface area contributed by atoms with Crippen LogP contribution in [0.5, 0.6) is 5.75 Å². The molecule has 0 spiro atoms. The fourth-order valence-corrected chi connectivity index (χ4v) is 3.65. The third-order valence-electron chi connectivity index (χ3n) is 6.77. The number of carbonyl (C=O) groups is 2. The Morgan fingerprint density at radius 2 is 1.47 bits per heavy atom. The molecule has 1 atom stereocenters. The van der Waals surface area contributed by atoms with Crippen molar-refractivity contribution in [1.29, 1.82) is 0 Å². The molecular weight excluding hydrogens is 428 g/mol. The molecule has 0 heterocycles. The SMILES string of the molecule is CCC(C)(C)CC(C)(C(=O)OCCOc1ccc(C(=O)Nc2ccc(N)cc2)cc1)C(C)(C)C. The van der Waals surface area contributed by atoms with Crippen LogP contribution in [0.15, 0.2) is 48.5 Å². The number of hydrogen-bond donors (Lipinski definition) is 2. The summed E-state index contributed by atoms with van der Waals surface area (Å²) in [5, 5.41) is 2.82. The normalized spacial score (nSPS) is 13.6. The second kappa shape index (κ2) is 10.9. The highest BCUT2D eigenvalue weighted by Gasteiger charge is 2.48. The monoisotopic (exact) mass is 468 g/mol. The summed E-state index contributed by atoms with van der Waals surface area (Å²) in [7, 11) is 0. The first-order valence-electron chi connectivity index (χ1n) is 11.8. The highest BCUT2D eigenvalue weighted by Crippen LogP contribution is 2.48. The first kappa shape index (κ1) is 27.2. The lowest BCUT2D eigenvalue weighted by atomic mass is 9.60. The van der Waals surface area contributed by atoms with E-state index in [1.54, 1.807) is 48.5 Å². The molecule has 0 fully saturated rings. The second-order valence-electron chi connectivity index (χ2n) is 10.9. The Kier molecular flexibility index (Phi) is 8.76. The van der Waals surface area contributed by atoms with Crippen molar-refractivity contribution in [3.8, 4) is 5.75 Å². The largest absolute Gasteiger partial charge is 0.490 e. The van der Waals surface area contributed by atoms with Gasteiger partial charge in [-0.1, -0.05) is 48.0 Å². The quantitative estimate of drug-likeness (QED) is 0.242. The molecule has 34 heavy (non-hydrogen) atoms. The number of amides is 1. The molecule has 2 rings (SSSR count). The van der Waals surface area contributed by atoms with Crippen molar-refractivity contribution in [1.82, 2.24) is 0 Å². The minimum Gasteiger partial charge on any atom is -0.490 e. The van der Waals surface area contributed by atoms with Crippen molar-refractivity contribution in [2.75, 3.05) is 24.3 Å². The first-order valence-corrected chi connectivity index (χ1v) is 11.8. The number of esters is 1. The van der Waals surface area contributed by atoms with Crippen molar-refractivity contribution < 1.29 is 19.1 Å². The zero-order valence-corrected chi connectivity index (χ0v) is 21.7. The summed E-state index contributed by atoms with van der Waals surface area (Å²) in [6.45, 7) is 15.2. The third-order valence-corrected chi connectivity index (χ3v) is 6.77. The Morgan fingerprint density at radius 3 is 2.00 bits per heavy atom. The van der Waals surface area contributed by atoms with Gasteiger partial charge in [-0.15, -0.1) is 0 Å². The van der Waals surface area contributed by atoms with E-state index >= 15 is 0 Å². The van der Waals surface area contributed by atoms with Crippen LogP contribution in [0.3, 0.4) is 0 Å². The predicted octanol–water partition coefficient (Wildman–Crippen LogP) is 6.32. The molecule has 6 nitrogen and oxygen atoms in total. The van der Waals surface area contributed by atoms with Crippen LogP contribution in [0, 0.1) is 16.2 Å². The van der Waals surface area contributed by atoms with Crippen LogP contribution in [0.4, 0.5) is 11.4 Å². The number of nitrogens with one attached hydrogen (secondary N) is 1. The molecule has 1 amide bonds. The molecule has 0 bridgehead atoms. The molecule has 0 saturated heterocycles. The summed E-state index contributed by atoms with van der Waals surface area (Å²) in [5.41, 5.74) is 6.69. The van der Waals surface area contributed by atoms with E-state index in [1.165, 1.54) is 0 Å². The zero-order chi connectivity index (χ0) is 25.6. The lowest BCUT2D eigenvalue weighted by Crippen LogP contribution is -2.45.